The summed E-state index contributed by atoms with van der Waals surface area (Å²) in [6, 6.07) is 0. The summed E-state index contributed by atoms with van der Waals surface area (Å²) in [5.41, 5.74) is -5.48. The van der Waals surface area contributed by atoms with Crippen LogP contribution in [0.25, 0.3) is 0 Å². The number of hydrogen-bond donors (Lipinski definition) is 11. The lowest BCUT2D eigenvalue weighted by Gasteiger charge is -2.18. The monoisotopic (exact) mass is 435 g/mol. The second-order valence-corrected chi connectivity index (χ2v) is 4.96. The molecule has 0 amide bonds. The second-order valence-electron chi connectivity index (χ2n) is 4.96. The number of aliphatic hydroxyl groups is 2. The SMILES string of the molecule is N.N.N.O=C(O)CC(O)(CC(=O)O)C(=O)O.O=C(O)CC(O)(CC(=O)O)C(=O)O. The molecule has 0 unspecified atom stereocenters. The lowest BCUT2D eigenvalue weighted by molar-refractivity contribution is -0.170. The van der Waals surface area contributed by atoms with E-state index in [1.807, 2.05) is 0 Å². The minimum absolute atomic E-state index is 0. The molecule has 0 spiro atoms. The van der Waals surface area contributed by atoms with Gasteiger partial charge in [-0.25, -0.2) is 9.59 Å². The highest BCUT2D eigenvalue weighted by molar-refractivity contribution is 5.88. The topological polar surface area (TPSA) is 369 Å². The summed E-state index contributed by atoms with van der Waals surface area (Å²) in [6.07, 6.45) is -4.58. The number of carbonyl (C=O) groups is 6. The van der Waals surface area contributed by atoms with Crippen LogP contribution in [0.1, 0.15) is 25.7 Å². The van der Waals surface area contributed by atoms with E-state index in [0.717, 1.165) is 0 Å². The highest BCUT2D eigenvalue weighted by Crippen LogP contribution is 2.16. The first-order valence-electron chi connectivity index (χ1n) is 6.34. The zero-order valence-corrected chi connectivity index (χ0v) is 15.0. The van der Waals surface area contributed by atoms with Crippen molar-refractivity contribution in [3.63, 3.8) is 0 Å². The first kappa shape index (κ1) is 36.5. The van der Waals surface area contributed by atoms with Gasteiger partial charge in [-0.2, -0.15) is 0 Å². The van der Waals surface area contributed by atoms with Crippen molar-refractivity contribution in [3.8, 4) is 0 Å². The van der Waals surface area contributed by atoms with E-state index < -0.39 is 72.7 Å². The van der Waals surface area contributed by atoms with E-state index in [4.69, 9.17) is 40.9 Å². The Bertz CT molecular complexity index is 521. The largest absolute Gasteiger partial charge is 0.481 e. The van der Waals surface area contributed by atoms with Gasteiger partial charge in [0.2, 0.25) is 0 Å². The molecule has 0 saturated heterocycles. The Morgan fingerprint density at radius 3 is 0.655 bits per heavy atom. The summed E-state index contributed by atoms with van der Waals surface area (Å²) < 4.78 is 0. The Hall–Kier alpha value is -3.38. The zero-order chi connectivity index (χ0) is 21.3. The fraction of sp³-hybridized carbons (Fsp3) is 0.500. The van der Waals surface area contributed by atoms with Gasteiger partial charge in [0.1, 0.15) is 0 Å². The van der Waals surface area contributed by atoms with Crippen molar-refractivity contribution in [1.29, 1.82) is 0 Å². The van der Waals surface area contributed by atoms with Crippen molar-refractivity contribution in [2.75, 3.05) is 0 Å². The summed E-state index contributed by atoms with van der Waals surface area (Å²) in [7, 11) is 0. The molecule has 29 heavy (non-hydrogen) atoms. The minimum atomic E-state index is -2.74. The molecule has 17 nitrogen and oxygen atoms in total. The van der Waals surface area contributed by atoms with Gasteiger partial charge >= 0.3 is 35.8 Å². The van der Waals surface area contributed by atoms with E-state index in [0.29, 0.717) is 0 Å². The van der Waals surface area contributed by atoms with Gasteiger partial charge in [0.05, 0.1) is 25.7 Å². The molecule has 0 rings (SSSR count). The molecule has 0 aromatic carbocycles. The number of carboxylic acids is 6. The molecule has 0 bridgehead atoms. The van der Waals surface area contributed by atoms with Crippen molar-refractivity contribution in [2.24, 2.45) is 0 Å². The molecule has 17 heteroatoms. The van der Waals surface area contributed by atoms with Gasteiger partial charge in [-0.1, -0.05) is 0 Å². The normalized spacial score (nSPS) is 9.72. The van der Waals surface area contributed by atoms with Gasteiger partial charge in [0.15, 0.2) is 11.2 Å². The van der Waals surface area contributed by atoms with E-state index in [-0.39, 0.29) is 18.5 Å². The molecule has 0 saturated carbocycles. The van der Waals surface area contributed by atoms with E-state index in [1.54, 1.807) is 0 Å². The summed E-state index contributed by atoms with van der Waals surface area (Å²) in [5.74, 6) is -10.0. The summed E-state index contributed by atoms with van der Waals surface area (Å²) in [5, 5.41) is 67.6. The van der Waals surface area contributed by atoms with Crippen molar-refractivity contribution < 1.29 is 69.6 Å². The standard InChI is InChI=1S/2C6H8O7.3H3N/c2*7-3(8)1-6(13,5(11)12)2-4(9)10;;;/h2*13H,1-2H2,(H,7,8)(H,9,10)(H,11,12);3*1H3. The summed E-state index contributed by atoms with van der Waals surface area (Å²) in [4.78, 5) is 61.0. The van der Waals surface area contributed by atoms with Crippen LogP contribution in [0.2, 0.25) is 0 Å². The smallest absolute Gasteiger partial charge is 0.336 e. The van der Waals surface area contributed by atoms with Crippen LogP contribution < -0.4 is 18.5 Å². The Kier molecular flexibility index (Phi) is 18.5. The van der Waals surface area contributed by atoms with Crippen LogP contribution in [-0.2, 0) is 28.8 Å². The molecule has 17 N–H and O–H groups in total. The molecule has 172 valence electrons. The first-order chi connectivity index (χ1) is 11.6. The maximum atomic E-state index is 10.3. The van der Waals surface area contributed by atoms with Gasteiger partial charge in [-0.3, -0.25) is 19.2 Å². The van der Waals surface area contributed by atoms with Crippen LogP contribution in [0.5, 0.6) is 0 Å². The van der Waals surface area contributed by atoms with E-state index in [2.05, 4.69) is 0 Å². The molecule has 0 fully saturated rings. The molecule has 0 aromatic rings. The van der Waals surface area contributed by atoms with Crippen molar-refractivity contribution in [3.05, 3.63) is 0 Å². The Morgan fingerprint density at radius 1 is 0.448 bits per heavy atom. The van der Waals surface area contributed by atoms with Crippen LogP contribution in [0.3, 0.4) is 0 Å². The molecule has 0 aliphatic rings. The summed E-state index contributed by atoms with van der Waals surface area (Å²) >= 11 is 0. The molecular formula is C12H25N3O14. The average Bonchev–Trinajstić information content (AvgIpc) is 2.34. The number of rotatable bonds is 10. The number of aliphatic carboxylic acids is 6. The maximum absolute atomic E-state index is 10.3. The van der Waals surface area contributed by atoms with E-state index in [1.165, 1.54) is 0 Å². The number of hydrogen-bond acceptors (Lipinski definition) is 11. The molecule has 0 aliphatic heterocycles. The fourth-order valence-corrected chi connectivity index (χ4v) is 1.43. The first-order valence-corrected chi connectivity index (χ1v) is 6.34. The van der Waals surface area contributed by atoms with Crippen molar-refractivity contribution in [2.45, 2.75) is 36.9 Å². The lowest BCUT2D eigenvalue weighted by atomic mass is 9.96. The molecule has 0 radical (unpaired) electrons. The Labute approximate surface area is 161 Å². The van der Waals surface area contributed by atoms with Gasteiger partial charge < -0.3 is 59.3 Å². The van der Waals surface area contributed by atoms with E-state index in [9.17, 15) is 28.8 Å². The lowest BCUT2D eigenvalue weighted by Crippen LogP contribution is -2.42. The van der Waals surface area contributed by atoms with Gasteiger partial charge in [0, 0.05) is 0 Å². The highest BCUT2D eigenvalue weighted by Gasteiger charge is 2.41. The van der Waals surface area contributed by atoms with Crippen LogP contribution in [0.15, 0.2) is 0 Å². The van der Waals surface area contributed by atoms with Crippen LogP contribution >= 0.6 is 0 Å². The molecule has 0 heterocycles. The third kappa shape index (κ3) is 15.4. The zero-order valence-electron chi connectivity index (χ0n) is 15.0. The predicted molar refractivity (Wildman–Crippen MR) is 89.2 cm³/mol. The number of carboxylic acid groups (broad SMARTS) is 6. The summed E-state index contributed by atoms with van der Waals surface area (Å²) in [6.45, 7) is 0. The maximum Gasteiger partial charge on any atom is 0.336 e. The Morgan fingerprint density at radius 2 is 0.586 bits per heavy atom. The van der Waals surface area contributed by atoms with Crippen LogP contribution in [-0.4, -0.2) is 87.9 Å². The molecular weight excluding hydrogens is 410 g/mol. The van der Waals surface area contributed by atoms with Crippen molar-refractivity contribution >= 4 is 35.8 Å². The third-order valence-corrected chi connectivity index (χ3v) is 2.57. The van der Waals surface area contributed by atoms with Crippen LogP contribution in [0.4, 0.5) is 0 Å². The second kappa shape index (κ2) is 14.6. The quantitative estimate of drug-likeness (QED) is 0.176. The van der Waals surface area contributed by atoms with Gasteiger partial charge in [-0.15, -0.1) is 0 Å². The van der Waals surface area contributed by atoms with E-state index >= 15 is 0 Å². The van der Waals surface area contributed by atoms with Gasteiger partial charge in [-0.05, 0) is 0 Å². The predicted octanol–water partition coefficient (Wildman–Crippen LogP) is -2.01. The van der Waals surface area contributed by atoms with Crippen LogP contribution in [0, 0.1) is 0 Å². The molecule has 0 aromatic heterocycles. The highest BCUT2D eigenvalue weighted by atomic mass is 16.4. The molecule has 0 aliphatic carbocycles. The van der Waals surface area contributed by atoms with Gasteiger partial charge in [0.25, 0.3) is 0 Å². The molecule has 0 atom stereocenters. The minimum Gasteiger partial charge on any atom is -0.481 e. The van der Waals surface area contributed by atoms with Crippen molar-refractivity contribution in [1.82, 2.24) is 18.5 Å². The third-order valence-electron chi connectivity index (χ3n) is 2.57. The fourth-order valence-electron chi connectivity index (χ4n) is 1.43. The Balaban J connectivity index is -0.000000120. The average molecular weight is 435 g/mol.